The normalized spacial score (nSPS) is 17.3. The molecule has 1 amide bonds. The van der Waals surface area contributed by atoms with Crippen LogP contribution in [-0.2, 0) is 11.2 Å². The average Bonchev–Trinajstić information content (AvgIpc) is 2.53. The molecule has 1 aromatic carbocycles. The molecule has 0 spiro atoms. The Kier molecular flexibility index (Phi) is 6.01. The van der Waals surface area contributed by atoms with Gasteiger partial charge in [0.05, 0.1) is 0 Å². The highest BCUT2D eigenvalue weighted by atomic mass is 19.2. The smallest absolute Gasteiger partial charge is 0.223 e. The molecule has 0 radical (unpaired) electrons. The Balaban J connectivity index is 1.92. The van der Waals surface area contributed by atoms with E-state index in [9.17, 15) is 18.0 Å². The number of hydrogen-bond acceptors (Lipinski definition) is 3. The molecule has 0 aromatic heterocycles. The highest BCUT2D eigenvalue weighted by molar-refractivity contribution is 5.76. The van der Waals surface area contributed by atoms with Crippen LogP contribution in [0.15, 0.2) is 12.1 Å². The Morgan fingerprint density at radius 3 is 2.39 bits per heavy atom. The first-order valence-electron chi connectivity index (χ1n) is 7.79. The van der Waals surface area contributed by atoms with Gasteiger partial charge in [0.25, 0.3) is 0 Å². The second-order valence-electron chi connectivity index (χ2n) is 5.98. The molecule has 128 valence electrons. The quantitative estimate of drug-likeness (QED) is 0.805. The van der Waals surface area contributed by atoms with Crippen molar-refractivity contribution < 1.29 is 18.0 Å². The maximum atomic E-state index is 13.7. The van der Waals surface area contributed by atoms with Crippen LogP contribution in [0, 0.1) is 23.4 Å². The Bertz CT molecular complexity index is 560. The average molecular weight is 329 g/mol. The molecule has 2 rings (SSSR count). The number of nitrogens with two attached hydrogens (primary N) is 2. The van der Waals surface area contributed by atoms with Crippen molar-refractivity contribution in [1.29, 1.82) is 0 Å². The standard InChI is InChI=1S/C16H22F3N3O/c17-12-9-14(19)13(18)7-11(12)8-15(21)10-2-5-22(6-3-10)16(23)1-4-20/h7,9-10,15H,1-6,8,20-21H2/t15-/m1/s1. The number of piperidine rings is 1. The molecule has 23 heavy (non-hydrogen) atoms. The number of carbonyl (C=O) groups is 1. The van der Waals surface area contributed by atoms with Crippen molar-refractivity contribution in [3.05, 3.63) is 35.1 Å². The number of halogens is 3. The van der Waals surface area contributed by atoms with Gasteiger partial charge in [-0.15, -0.1) is 0 Å². The van der Waals surface area contributed by atoms with Crippen molar-refractivity contribution in [2.45, 2.75) is 31.7 Å². The molecule has 1 heterocycles. The minimum absolute atomic E-state index is 0.0335. The fourth-order valence-corrected chi connectivity index (χ4v) is 3.00. The summed E-state index contributed by atoms with van der Waals surface area (Å²) in [6.07, 6.45) is 1.90. The summed E-state index contributed by atoms with van der Waals surface area (Å²) >= 11 is 0. The van der Waals surface area contributed by atoms with E-state index in [4.69, 9.17) is 11.5 Å². The Hall–Kier alpha value is -1.60. The number of benzene rings is 1. The SMILES string of the molecule is NCCC(=O)N1CCC([C@H](N)Cc2cc(F)c(F)cc2F)CC1. The van der Waals surface area contributed by atoms with Gasteiger partial charge >= 0.3 is 0 Å². The summed E-state index contributed by atoms with van der Waals surface area (Å²) in [7, 11) is 0. The van der Waals surface area contributed by atoms with Gasteiger partial charge in [-0.1, -0.05) is 0 Å². The van der Waals surface area contributed by atoms with Gasteiger partial charge in [0, 0.05) is 38.2 Å². The number of carbonyl (C=O) groups excluding carboxylic acids is 1. The molecule has 4 N–H and O–H groups in total. The van der Waals surface area contributed by atoms with Crippen LogP contribution in [0.5, 0.6) is 0 Å². The number of likely N-dealkylation sites (tertiary alicyclic amines) is 1. The van der Waals surface area contributed by atoms with Crippen LogP contribution < -0.4 is 11.5 Å². The third kappa shape index (κ3) is 4.45. The molecule has 0 unspecified atom stereocenters. The lowest BCUT2D eigenvalue weighted by molar-refractivity contribution is -0.132. The molecule has 7 heteroatoms. The Labute approximate surface area is 133 Å². The molecule has 1 aromatic rings. The van der Waals surface area contributed by atoms with Crippen LogP contribution in [0.3, 0.4) is 0 Å². The summed E-state index contributed by atoms with van der Waals surface area (Å²) in [5.74, 6) is -2.91. The van der Waals surface area contributed by atoms with Crippen molar-refractivity contribution in [1.82, 2.24) is 4.90 Å². The molecule has 4 nitrogen and oxygen atoms in total. The van der Waals surface area contributed by atoms with Crippen LogP contribution in [0.25, 0.3) is 0 Å². The predicted octanol–water partition coefficient (Wildman–Crippen LogP) is 1.56. The zero-order chi connectivity index (χ0) is 17.0. The summed E-state index contributed by atoms with van der Waals surface area (Å²) in [5.41, 5.74) is 11.6. The lowest BCUT2D eigenvalue weighted by atomic mass is 9.86. The van der Waals surface area contributed by atoms with Crippen molar-refractivity contribution >= 4 is 5.91 Å². The second-order valence-corrected chi connectivity index (χ2v) is 5.98. The summed E-state index contributed by atoms with van der Waals surface area (Å²) in [6.45, 7) is 1.52. The van der Waals surface area contributed by atoms with Gasteiger partial charge in [-0.25, -0.2) is 13.2 Å². The van der Waals surface area contributed by atoms with E-state index in [-0.39, 0.29) is 29.9 Å². The van der Waals surface area contributed by atoms with Gasteiger partial charge in [-0.05, 0) is 36.8 Å². The van der Waals surface area contributed by atoms with Gasteiger partial charge in [0.2, 0.25) is 5.91 Å². The molecular formula is C16H22F3N3O. The summed E-state index contributed by atoms with van der Waals surface area (Å²) in [5, 5.41) is 0. The molecule has 0 saturated carbocycles. The number of nitrogens with zero attached hydrogens (tertiary/aromatic N) is 1. The van der Waals surface area contributed by atoms with Gasteiger partial charge in [0.15, 0.2) is 11.6 Å². The van der Waals surface area contributed by atoms with Gasteiger partial charge in [0.1, 0.15) is 5.82 Å². The van der Waals surface area contributed by atoms with Gasteiger partial charge < -0.3 is 16.4 Å². The highest BCUT2D eigenvalue weighted by Gasteiger charge is 2.27. The summed E-state index contributed by atoms with van der Waals surface area (Å²) in [6, 6.07) is 1.05. The van der Waals surface area contributed by atoms with E-state index >= 15 is 0 Å². The van der Waals surface area contributed by atoms with E-state index in [1.54, 1.807) is 4.90 Å². The summed E-state index contributed by atoms with van der Waals surface area (Å²) in [4.78, 5) is 13.5. The first-order valence-corrected chi connectivity index (χ1v) is 7.79. The third-order valence-corrected chi connectivity index (χ3v) is 4.40. The first-order chi connectivity index (χ1) is 10.9. The molecule has 1 aliphatic rings. The summed E-state index contributed by atoms with van der Waals surface area (Å²) < 4.78 is 39.9. The number of hydrogen-bond donors (Lipinski definition) is 2. The second kappa shape index (κ2) is 7.79. The maximum Gasteiger partial charge on any atom is 0.223 e. The van der Waals surface area contributed by atoms with Crippen molar-refractivity contribution in [2.75, 3.05) is 19.6 Å². The molecule has 1 atom stereocenters. The molecular weight excluding hydrogens is 307 g/mol. The van der Waals surface area contributed by atoms with E-state index in [0.29, 0.717) is 45.0 Å². The largest absolute Gasteiger partial charge is 0.343 e. The monoisotopic (exact) mass is 329 g/mol. The highest BCUT2D eigenvalue weighted by Crippen LogP contribution is 2.24. The predicted molar refractivity (Wildman–Crippen MR) is 81.0 cm³/mol. The van der Waals surface area contributed by atoms with Gasteiger partial charge in [-0.2, -0.15) is 0 Å². The number of amides is 1. The van der Waals surface area contributed by atoms with E-state index in [1.807, 2.05) is 0 Å². The first kappa shape index (κ1) is 17.7. The van der Waals surface area contributed by atoms with Crippen molar-refractivity contribution in [2.24, 2.45) is 17.4 Å². The zero-order valence-corrected chi connectivity index (χ0v) is 12.9. The van der Waals surface area contributed by atoms with E-state index in [1.165, 1.54) is 0 Å². The fraction of sp³-hybridized carbons (Fsp3) is 0.562. The van der Waals surface area contributed by atoms with Crippen LogP contribution in [0.2, 0.25) is 0 Å². The third-order valence-electron chi connectivity index (χ3n) is 4.40. The van der Waals surface area contributed by atoms with Crippen molar-refractivity contribution in [3.8, 4) is 0 Å². The zero-order valence-electron chi connectivity index (χ0n) is 12.9. The Morgan fingerprint density at radius 2 is 1.78 bits per heavy atom. The van der Waals surface area contributed by atoms with E-state index < -0.39 is 17.5 Å². The van der Waals surface area contributed by atoms with Crippen LogP contribution in [0.1, 0.15) is 24.8 Å². The topological polar surface area (TPSA) is 72.4 Å². The lowest BCUT2D eigenvalue weighted by Gasteiger charge is -2.35. The molecule has 1 aliphatic heterocycles. The molecule has 0 aliphatic carbocycles. The van der Waals surface area contributed by atoms with Crippen molar-refractivity contribution in [3.63, 3.8) is 0 Å². The Morgan fingerprint density at radius 1 is 1.17 bits per heavy atom. The van der Waals surface area contributed by atoms with Crippen LogP contribution in [-0.4, -0.2) is 36.5 Å². The minimum atomic E-state index is -1.20. The van der Waals surface area contributed by atoms with Gasteiger partial charge in [-0.3, -0.25) is 4.79 Å². The lowest BCUT2D eigenvalue weighted by Crippen LogP contribution is -2.44. The van der Waals surface area contributed by atoms with Crippen LogP contribution >= 0.6 is 0 Å². The van der Waals surface area contributed by atoms with E-state index in [2.05, 4.69) is 0 Å². The molecule has 1 saturated heterocycles. The van der Waals surface area contributed by atoms with E-state index in [0.717, 1.165) is 6.07 Å². The maximum absolute atomic E-state index is 13.7. The van der Waals surface area contributed by atoms with Crippen LogP contribution in [0.4, 0.5) is 13.2 Å². The number of rotatable bonds is 5. The molecule has 1 fully saturated rings. The fourth-order valence-electron chi connectivity index (χ4n) is 3.00. The minimum Gasteiger partial charge on any atom is -0.343 e. The molecule has 0 bridgehead atoms.